The zero-order chi connectivity index (χ0) is 16.1. The SMILES string of the molecule is O=CN[C@@H](CCc1ccccc1)C(=O)c1nc2ccccc2o1. The minimum Gasteiger partial charge on any atom is -0.434 e. The Kier molecular flexibility index (Phi) is 4.47. The van der Waals surface area contributed by atoms with E-state index < -0.39 is 6.04 Å². The van der Waals surface area contributed by atoms with Gasteiger partial charge in [-0.3, -0.25) is 9.59 Å². The number of carbonyl (C=O) groups is 2. The van der Waals surface area contributed by atoms with Gasteiger partial charge >= 0.3 is 0 Å². The molecular weight excluding hydrogens is 292 g/mol. The summed E-state index contributed by atoms with van der Waals surface area (Å²) in [6.45, 7) is 0. The van der Waals surface area contributed by atoms with Gasteiger partial charge < -0.3 is 9.73 Å². The largest absolute Gasteiger partial charge is 0.434 e. The maximum atomic E-state index is 12.5. The van der Waals surface area contributed by atoms with E-state index in [-0.39, 0.29) is 11.7 Å². The van der Waals surface area contributed by atoms with E-state index in [1.807, 2.05) is 42.5 Å². The molecule has 0 aliphatic rings. The number of aryl methyl sites for hydroxylation is 1. The number of hydrogen-bond donors (Lipinski definition) is 1. The van der Waals surface area contributed by atoms with Crippen molar-refractivity contribution in [2.24, 2.45) is 0 Å². The van der Waals surface area contributed by atoms with Crippen molar-refractivity contribution in [2.45, 2.75) is 18.9 Å². The molecule has 1 heterocycles. The van der Waals surface area contributed by atoms with Crippen LogP contribution in [0.15, 0.2) is 59.0 Å². The van der Waals surface area contributed by atoms with Gasteiger partial charge in [0.05, 0.1) is 6.04 Å². The normalized spacial score (nSPS) is 12.0. The Balaban J connectivity index is 1.76. The summed E-state index contributed by atoms with van der Waals surface area (Å²) >= 11 is 0. The first-order chi connectivity index (χ1) is 11.3. The predicted molar refractivity (Wildman–Crippen MR) is 86.1 cm³/mol. The first-order valence-corrected chi connectivity index (χ1v) is 7.41. The highest BCUT2D eigenvalue weighted by atomic mass is 16.4. The fourth-order valence-electron chi connectivity index (χ4n) is 2.45. The third-order valence-corrected chi connectivity index (χ3v) is 3.65. The summed E-state index contributed by atoms with van der Waals surface area (Å²) in [7, 11) is 0. The molecule has 3 rings (SSSR count). The Morgan fingerprint density at radius 2 is 1.87 bits per heavy atom. The molecule has 0 spiro atoms. The van der Waals surface area contributed by atoms with Gasteiger partial charge in [-0.2, -0.15) is 0 Å². The van der Waals surface area contributed by atoms with Crippen molar-refractivity contribution < 1.29 is 14.0 Å². The molecule has 2 aromatic carbocycles. The lowest BCUT2D eigenvalue weighted by atomic mass is 10.0. The second kappa shape index (κ2) is 6.87. The Bertz CT molecular complexity index is 778. The van der Waals surface area contributed by atoms with E-state index in [1.165, 1.54) is 0 Å². The van der Waals surface area contributed by atoms with E-state index in [9.17, 15) is 9.59 Å². The van der Waals surface area contributed by atoms with E-state index in [0.717, 1.165) is 5.56 Å². The average Bonchev–Trinajstić information content (AvgIpc) is 3.03. The Labute approximate surface area is 133 Å². The molecule has 0 radical (unpaired) electrons. The van der Waals surface area contributed by atoms with Crippen LogP contribution >= 0.6 is 0 Å². The lowest BCUT2D eigenvalue weighted by molar-refractivity contribution is -0.110. The summed E-state index contributed by atoms with van der Waals surface area (Å²) in [5.74, 6) is -0.289. The van der Waals surface area contributed by atoms with Gasteiger partial charge in [0.1, 0.15) is 5.52 Å². The topological polar surface area (TPSA) is 72.2 Å². The zero-order valence-corrected chi connectivity index (χ0v) is 12.4. The number of oxazole rings is 1. The van der Waals surface area contributed by atoms with Crippen LogP contribution < -0.4 is 5.32 Å². The summed E-state index contributed by atoms with van der Waals surface area (Å²) < 4.78 is 5.49. The number of hydrogen-bond acceptors (Lipinski definition) is 4. The second-order valence-electron chi connectivity index (χ2n) is 5.21. The van der Waals surface area contributed by atoms with Crippen molar-refractivity contribution in [2.75, 3.05) is 0 Å². The number of amides is 1. The molecule has 0 bridgehead atoms. The van der Waals surface area contributed by atoms with Gasteiger partial charge in [-0.25, -0.2) is 4.98 Å². The van der Waals surface area contributed by atoms with Crippen LogP contribution in [-0.4, -0.2) is 23.2 Å². The summed E-state index contributed by atoms with van der Waals surface area (Å²) in [5.41, 5.74) is 2.29. The standard InChI is InChI=1S/C18H16N2O3/c21-12-19-15(11-10-13-6-2-1-3-7-13)17(22)18-20-14-8-4-5-9-16(14)23-18/h1-9,12,15H,10-11H2,(H,19,21)/t15-/m0/s1. The van der Waals surface area contributed by atoms with Crippen LogP contribution in [0, 0.1) is 0 Å². The van der Waals surface area contributed by atoms with Crippen LogP contribution in [0.25, 0.3) is 11.1 Å². The number of nitrogens with one attached hydrogen (secondary N) is 1. The summed E-state index contributed by atoms with van der Waals surface area (Å²) in [4.78, 5) is 27.6. The molecule has 5 nitrogen and oxygen atoms in total. The third-order valence-electron chi connectivity index (χ3n) is 3.65. The smallest absolute Gasteiger partial charge is 0.266 e. The van der Waals surface area contributed by atoms with Crippen molar-refractivity contribution in [3.05, 3.63) is 66.1 Å². The van der Waals surface area contributed by atoms with Crippen molar-refractivity contribution >= 4 is 23.3 Å². The van der Waals surface area contributed by atoms with E-state index in [0.29, 0.717) is 30.4 Å². The highest BCUT2D eigenvalue weighted by Gasteiger charge is 2.24. The first-order valence-electron chi connectivity index (χ1n) is 7.41. The number of nitrogens with zero attached hydrogens (tertiary/aromatic N) is 1. The van der Waals surface area contributed by atoms with Gasteiger partial charge in [-0.05, 0) is 30.5 Å². The second-order valence-corrected chi connectivity index (χ2v) is 5.21. The van der Waals surface area contributed by atoms with Crippen LogP contribution in [0.4, 0.5) is 0 Å². The molecule has 5 heteroatoms. The average molecular weight is 308 g/mol. The lowest BCUT2D eigenvalue weighted by Gasteiger charge is -2.12. The number of aromatic nitrogens is 1. The number of rotatable bonds is 7. The molecule has 0 aliphatic carbocycles. The highest BCUT2D eigenvalue weighted by molar-refractivity contribution is 5.98. The molecule has 23 heavy (non-hydrogen) atoms. The van der Waals surface area contributed by atoms with Gasteiger partial charge in [0.15, 0.2) is 5.58 Å². The number of para-hydroxylation sites is 2. The molecule has 116 valence electrons. The molecule has 0 saturated heterocycles. The van der Waals surface area contributed by atoms with Gasteiger partial charge in [-0.15, -0.1) is 0 Å². The van der Waals surface area contributed by atoms with Crippen molar-refractivity contribution in [1.82, 2.24) is 10.3 Å². The lowest BCUT2D eigenvalue weighted by Crippen LogP contribution is -2.36. The minimum atomic E-state index is -0.652. The molecule has 1 atom stereocenters. The van der Waals surface area contributed by atoms with E-state index in [4.69, 9.17) is 4.42 Å². The minimum absolute atomic E-state index is 0.0265. The molecule has 1 N–H and O–H groups in total. The van der Waals surface area contributed by atoms with Crippen molar-refractivity contribution in [1.29, 1.82) is 0 Å². The molecule has 0 aliphatic heterocycles. The maximum Gasteiger partial charge on any atom is 0.266 e. The summed E-state index contributed by atoms with van der Waals surface area (Å²) in [6, 6.07) is 16.3. The molecule has 1 aromatic heterocycles. The quantitative estimate of drug-likeness (QED) is 0.538. The summed E-state index contributed by atoms with van der Waals surface area (Å²) in [6.07, 6.45) is 1.70. The van der Waals surface area contributed by atoms with Crippen molar-refractivity contribution in [3.8, 4) is 0 Å². The molecule has 1 amide bonds. The van der Waals surface area contributed by atoms with Crippen LogP contribution in [-0.2, 0) is 11.2 Å². The maximum absolute atomic E-state index is 12.5. The fourth-order valence-corrected chi connectivity index (χ4v) is 2.45. The monoisotopic (exact) mass is 308 g/mol. The number of ketones is 1. The molecule has 0 saturated carbocycles. The van der Waals surface area contributed by atoms with Gasteiger partial charge in [0.2, 0.25) is 12.2 Å². The van der Waals surface area contributed by atoms with Crippen LogP contribution in [0.3, 0.4) is 0 Å². The van der Waals surface area contributed by atoms with E-state index >= 15 is 0 Å². The Morgan fingerprint density at radius 1 is 1.13 bits per heavy atom. The van der Waals surface area contributed by atoms with Crippen LogP contribution in [0.5, 0.6) is 0 Å². The van der Waals surface area contributed by atoms with Gasteiger partial charge in [0, 0.05) is 0 Å². The summed E-state index contributed by atoms with van der Waals surface area (Å²) in [5, 5.41) is 2.57. The zero-order valence-electron chi connectivity index (χ0n) is 12.4. The third kappa shape index (κ3) is 3.45. The molecule has 0 fully saturated rings. The van der Waals surface area contributed by atoms with E-state index in [1.54, 1.807) is 12.1 Å². The number of carbonyl (C=O) groups excluding carboxylic acids is 2. The number of benzene rings is 2. The molecule has 3 aromatic rings. The van der Waals surface area contributed by atoms with Gasteiger partial charge in [-0.1, -0.05) is 42.5 Å². The number of fused-ring (bicyclic) bond motifs is 1. The molecule has 0 unspecified atom stereocenters. The molecular formula is C18H16N2O3. The first kappa shape index (κ1) is 15.0. The number of Topliss-reactive ketones (excluding diaryl/α,β-unsaturated/α-hetero) is 1. The van der Waals surface area contributed by atoms with Crippen LogP contribution in [0.2, 0.25) is 0 Å². The van der Waals surface area contributed by atoms with Crippen molar-refractivity contribution in [3.63, 3.8) is 0 Å². The van der Waals surface area contributed by atoms with Crippen LogP contribution in [0.1, 0.15) is 22.7 Å². The Hall–Kier alpha value is -2.95. The van der Waals surface area contributed by atoms with Gasteiger partial charge in [0.25, 0.3) is 5.89 Å². The Morgan fingerprint density at radius 3 is 2.61 bits per heavy atom. The van der Waals surface area contributed by atoms with E-state index in [2.05, 4.69) is 10.3 Å². The fraction of sp³-hybridized carbons (Fsp3) is 0.167. The highest BCUT2D eigenvalue weighted by Crippen LogP contribution is 2.17. The predicted octanol–water partition coefficient (Wildman–Crippen LogP) is 2.76.